The van der Waals surface area contributed by atoms with Gasteiger partial charge in [-0.1, -0.05) is 12.1 Å². The molecule has 0 spiro atoms. The summed E-state index contributed by atoms with van der Waals surface area (Å²) in [7, 11) is 0. The summed E-state index contributed by atoms with van der Waals surface area (Å²) in [6.07, 6.45) is 3.22. The average molecular weight is 375 g/mol. The van der Waals surface area contributed by atoms with E-state index in [9.17, 15) is 9.59 Å². The van der Waals surface area contributed by atoms with Gasteiger partial charge >= 0.3 is 0 Å². The van der Waals surface area contributed by atoms with Gasteiger partial charge in [0.05, 0.1) is 23.4 Å². The van der Waals surface area contributed by atoms with Gasteiger partial charge in [0.2, 0.25) is 0 Å². The molecule has 1 unspecified atom stereocenters. The zero-order chi connectivity index (χ0) is 19.5. The maximum atomic E-state index is 13.1. The van der Waals surface area contributed by atoms with Crippen LogP contribution in [0.2, 0.25) is 0 Å². The van der Waals surface area contributed by atoms with E-state index in [0.717, 1.165) is 35.5 Å². The number of aromatic nitrogens is 4. The van der Waals surface area contributed by atoms with Gasteiger partial charge in [0, 0.05) is 36.2 Å². The van der Waals surface area contributed by atoms with Crippen molar-refractivity contribution in [2.45, 2.75) is 25.7 Å². The molecule has 4 rings (SSSR count). The fourth-order valence-electron chi connectivity index (χ4n) is 3.56. The van der Waals surface area contributed by atoms with Crippen molar-refractivity contribution in [3.05, 3.63) is 76.1 Å². The number of nitrogens with zero attached hydrogens (tertiary/aromatic N) is 4. The van der Waals surface area contributed by atoms with E-state index in [1.165, 1.54) is 12.4 Å². The highest BCUT2D eigenvalue weighted by Gasteiger charge is 2.26. The van der Waals surface area contributed by atoms with Crippen molar-refractivity contribution in [2.24, 2.45) is 0 Å². The van der Waals surface area contributed by atoms with E-state index in [4.69, 9.17) is 0 Å². The van der Waals surface area contributed by atoms with E-state index in [-0.39, 0.29) is 17.4 Å². The number of likely N-dealkylation sites (tertiary alicyclic amines) is 1. The third-order valence-corrected chi connectivity index (χ3v) is 5.03. The Kier molecular flexibility index (Phi) is 4.97. The van der Waals surface area contributed by atoms with Crippen LogP contribution in [0.5, 0.6) is 0 Å². The molecule has 28 heavy (non-hydrogen) atoms. The maximum absolute atomic E-state index is 13.1. The highest BCUT2D eigenvalue weighted by molar-refractivity contribution is 5.95. The van der Waals surface area contributed by atoms with Crippen LogP contribution in [-0.4, -0.2) is 44.1 Å². The summed E-state index contributed by atoms with van der Waals surface area (Å²) >= 11 is 0. The first kappa shape index (κ1) is 18.0. The first-order valence-corrected chi connectivity index (χ1v) is 9.35. The zero-order valence-corrected chi connectivity index (χ0v) is 15.6. The lowest BCUT2D eigenvalue weighted by Crippen LogP contribution is -2.39. The molecule has 3 aromatic rings. The Hall–Kier alpha value is -3.35. The Morgan fingerprint density at radius 2 is 2.07 bits per heavy atom. The van der Waals surface area contributed by atoms with Crippen molar-refractivity contribution >= 4 is 5.91 Å². The minimum absolute atomic E-state index is 0.0172. The number of hydrogen-bond acceptors (Lipinski definition) is 5. The van der Waals surface area contributed by atoms with Crippen LogP contribution in [0.1, 0.15) is 40.5 Å². The second kappa shape index (κ2) is 7.72. The standard InChI is InChI=1S/C21H21N5O2/c1-14-7-8-18(25-24-14)15-4-2-5-16(10-15)21(28)26-9-3-6-17(12-26)19-11-20(27)23-13-22-19/h2,4-5,7-8,10-11,13,17H,3,6,9,12H2,1H3,(H,22,23,27). The molecule has 0 saturated carbocycles. The summed E-state index contributed by atoms with van der Waals surface area (Å²) in [5, 5.41) is 8.30. The molecule has 2 aromatic heterocycles. The summed E-state index contributed by atoms with van der Waals surface area (Å²) in [4.78, 5) is 33.3. The lowest BCUT2D eigenvalue weighted by molar-refractivity contribution is 0.0706. The van der Waals surface area contributed by atoms with Crippen LogP contribution in [0.25, 0.3) is 11.3 Å². The molecule has 0 aliphatic carbocycles. The van der Waals surface area contributed by atoms with Crippen LogP contribution >= 0.6 is 0 Å². The topological polar surface area (TPSA) is 91.8 Å². The molecular weight excluding hydrogens is 354 g/mol. The highest BCUT2D eigenvalue weighted by Crippen LogP contribution is 2.26. The van der Waals surface area contributed by atoms with E-state index in [2.05, 4.69) is 20.2 Å². The molecule has 0 radical (unpaired) electrons. The van der Waals surface area contributed by atoms with Gasteiger partial charge in [0.15, 0.2) is 0 Å². The van der Waals surface area contributed by atoms with Gasteiger partial charge in [-0.15, -0.1) is 0 Å². The quantitative estimate of drug-likeness (QED) is 0.760. The van der Waals surface area contributed by atoms with Crippen molar-refractivity contribution in [1.82, 2.24) is 25.1 Å². The van der Waals surface area contributed by atoms with Gasteiger partial charge in [0.25, 0.3) is 11.5 Å². The van der Waals surface area contributed by atoms with Gasteiger partial charge < -0.3 is 9.88 Å². The maximum Gasteiger partial charge on any atom is 0.253 e. The van der Waals surface area contributed by atoms with Crippen molar-refractivity contribution in [3.8, 4) is 11.3 Å². The minimum Gasteiger partial charge on any atom is -0.338 e. The fraction of sp³-hybridized carbons (Fsp3) is 0.286. The molecule has 3 heterocycles. The van der Waals surface area contributed by atoms with Crippen LogP contribution in [0.15, 0.2) is 53.6 Å². The van der Waals surface area contributed by atoms with Crippen molar-refractivity contribution in [3.63, 3.8) is 0 Å². The smallest absolute Gasteiger partial charge is 0.253 e. The predicted molar refractivity (Wildman–Crippen MR) is 105 cm³/mol. The molecule has 1 N–H and O–H groups in total. The third kappa shape index (κ3) is 3.83. The molecule has 7 heteroatoms. The van der Waals surface area contributed by atoms with Gasteiger partial charge in [-0.25, -0.2) is 4.98 Å². The van der Waals surface area contributed by atoms with Crippen LogP contribution in [-0.2, 0) is 0 Å². The number of piperidine rings is 1. The molecule has 1 aliphatic rings. The Balaban J connectivity index is 1.55. The van der Waals surface area contributed by atoms with Crippen LogP contribution < -0.4 is 5.56 Å². The first-order valence-electron chi connectivity index (χ1n) is 9.35. The molecule has 1 aliphatic heterocycles. The second-order valence-corrected chi connectivity index (χ2v) is 7.07. The number of H-pyrrole nitrogens is 1. The number of benzene rings is 1. The van der Waals surface area contributed by atoms with Crippen LogP contribution in [0, 0.1) is 6.92 Å². The largest absolute Gasteiger partial charge is 0.338 e. The molecule has 1 aromatic carbocycles. The molecule has 1 fully saturated rings. The Morgan fingerprint density at radius 1 is 1.18 bits per heavy atom. The molecule has 7 nitrogen and oxygen atoms in total. The van der Waals surface area contributed by atoms with Gasteiger partial charge in [0.1, 0.15) is 0 Å². The molecule has 1 atom stereocenters. The minimum atomic E-state index is -0.166. The number of hydrogen-bond donors (Lipinski definition) is 1. The van der Waals surface area contributed by atoms with Gasteiger partial charge in [-0.2, -0.15) is 10.2 Å². The zero-order valence-electron chi connectivity index (χ0n) is 15.6. The van der Waals surface area contributed by atoms with Crippen molar-refractivity contribution in [1.29, 1.82) is 0 Å². The van der Waals surface area contributed by atoms with Crippen molar-refractivity contribution in [2.75, 3.05) is 13.1 Å². The summed E-state index contributed by atoms with van der Waals surface area (Å²) in [6, 6.07) is 12.8. The number of aromatic amines is 1. The second-order valence-electron chi connectivity index (χ2n) is 7.07. The van der Waals surface area contributed by atoms with E-state index in [0.29, 0.717) is 18.7 Å². The molecule has 142 valence electrons. The molecule has 1 amide bonds. The fourth-order valence-corrected chi connectivity index (χ4v) is 3.56. The molecule has 0 bridgehead atoms. The van der Waals surface area contributed by atoms with E-state index >= 15 is 0 Å². The Morgan fingerprint density at radius 3 is 2.86 bits per heavy atom. The molecule has 1 saturated heterocycles. The van der Waals surface area contributed by atoms with Crippen LogP contribution in [0.3, 0.4) is 0 Å². The number of rotatable bonds is 3. The monoisotopic (exact) mass is 375 g/mol. The Bertz CT molecular complexity index is 1040. The SMILES string of the molecule is Cc1ccc(-c2cccc(C(=O)N3CCCC(c4cc(=O)[nH]cn4)C3)c2)nn1. The predicted octanol–water partition coefficient (Wildman–Crippen LogP) is 2.56. The van der Waals surface area contributed by atoms with E-state index < -0.39 is 0 Å². The average Bonchev–Trinajstić information content (AvgIpc) is 2.74. The highest BCUT2D eigenvalue weighted by atomic mass is 16.2. The first-order chi connectivity index (χ1) is 13.6. The lowest BCUT2D eigenvalue weighted by atomic mass is 9.94. The third-order valence-electron chi connectivity index (χ3n) is 5.03. The molecular formula is C21H21N5O2. The number of amides is 1. The number of carbonyl (C=O) groups excluding carboxylic acids is 1. The summed E-state index contributed by atoms with van der Waals surface area (Å²) in [6.45, 7) is 3.15. The summed E-state index contributed by atoms with van der Waals surface area (Å²) in [5.41, 5.74) is 3.65. The normalized spacial score (nSPS) is 16.8. The van der Waals surface area contributed by atoms with Crippen molar-refractivity contribution < 1.29 is 4.79 Å². The summed E-state index contributed by atoms with van der Waals surface area (Å²) in [5.74, 6) is 0.0580. The number of aryl methyl sites for hydroxylation is 1. The van der Waals surface area contributed by atoms with Crippen LogP contribution in [0.4, 0.5) is 0 Å². The van der Waals surface area contributed by atoms with Gasteiger partial charge in [-0.05, 0) is 44.0 Å². The van der Waals surface area contributed by atoms with Gasteiger partial charge in [-0.3, -0.25) is 9.59 Å². The van der Waals surface area contributed by atoms with E-state index in [1.807, 2.05) is 48.2 Å². The Labute approximate surface area is 162 Å². The number of nitrogens with one attached hydrogen (secondary N) is 1. The lowest BCUT2D eigenvalue weighted by Gasteiger charge is -2.32. The van der Waals surface area contributed by atoms with E-state index in [1.54, 1.807) is 0 Å². The number of carbonyl (C=O) groups is 1. The summed E-state index contributed by atoms with van der Waals surface area (Å²) < 4.78 is 0.